The molecule has 1 heterocycles. The van der Waals surface area contributed by atoms with E-state index in [4.69, 9.17) is 14.2 Å². The van der Waals surface area contributed by atoms with Crippen molar-refractivity contribution in [2.75, 3.05) is 20.8 Å². The maximum Gasteiger partial charge on any atom is 0.416 e. The summed E-state index contributed by atoms with van der Waals surface area (Å²) >= 11 is 0. The standard InChI is InChI=1S/C37H37F6NO5/c1-20-11-22(33(45)48-6)7-8-30(20)23-12-24(16-29(15-23)47-5)31-9-10-35(3,4)18-26(31)19-44-21(2)32(49-34(44)46)25-13-27(36(38,39)40)17-28(14-25)37(41,42)43/h7-8,11-17,21,32H,9-10,18-19H2,1-6H3/t21?,32-/m0/s1. The Hall–Kier alpha value is -4.48. The second kappa shape index (κ2) is 13.1. The van der Waals surface area contributed by atoms with E-state index >= 15 is 0 Å². The highest BCUT2D eigenvalue weighted by Gasteiger charge is 2.44. The SMILES string of the molecule is COC(=O)c1ccc(-c2cc(OC)cc(C3=C(CN4C(=O)O[C@H](c5cc(C(F)(F)F)cc(C(F)(F)F)c5)C4C)CC(C)(C)CC3)c2)c(C)c1. The van der Waals surface area contributed by atoms with Crippen LogP contribution in [0.15, 0.2) is 60.2 Å². The maximum absolute atomic E-state index is 13.6. The zero-order valence-corrected chi connectivity index (χ0v) is 27.9. The summed E-state index contributed by atoms with van der Waals surface area (Å²) in [4.78, 5) is 26.7. The number of halogens is 6. The third-order valence-electron chi connectivity index (χ3n) is 9.31. The third kappa shape index (κ3) is 7.58. The summed E-state index contributed by atoms with van der Waals surface area (Å²) in [7, 11) is 2.86. The largest absolute Gasteiger partial charge is 0.497 e. The summed E-state index contributed by atoms with van der Waals surface area (Å²) in [5.74, 6) is 0.131. The number of allylic oxidation sites excluding steroid dienone is 1. The average molecular weight is 690 g/mol. The van der Waals surface area contributed by atoms with E-state index in [1.165, 1.54) is 12.0 Å². The number of carbonyl (C=O) groups excluding carboxylic acids is 2. The van der Waals surface area contributed by atoms with Gasteiger partial charge in [0.15, 0.2) is 0 Å². The highest BCUT2D eigenvalue weighted by Crippen LogP contribution is 2.46. The second-order valence-electron chi connectivity index (χ2n) is 13.4. The number of methoxy groups -OCH3 is 2. The van der Waals surface area contributed by atoms with Crippen molar-refractivity contribution < 1.29 is 50.1 Å². The van der Waals surface area contributed by atoms with Crippen LogP contribution in [0, 0.1) is 12.3 Å². The van der Waals surface area contributed by atoms with E-state index in [0.717, 1.165) is 39.8 Å². The molecule has 6 nitrogen and oxygen atoms in total. The van der Waals surface area contributed by atoms with Gasteiger partial charge < -0.3 is 14.2 Å². The Bertz CT molecular complexity index is 1780. The summed E-state index contributed by atoms with van der Waals surface area (Å²) in [6.45, 7) is 7.71. The van der Waals surface area contributed by atoms with Crippen LogP contribution in [0.4, 0.5) is 31.1 Å². The number of hydrogen-bond acceptors (Lipinski definition) is 5. The van der Waals surface area contributed by atoms with Gasteiger partial charge in [-0.1, -0.05) is 19.9 Å². The van der Waals surface area contributed by atoms with Crippen LogP contribution in [0.2, 0.25) is 0 Å². The molecule has 0 N–H and O–H groups in total. The molecular weight excluding hydrogens is 652 g/mol. The quantitative estimate of drug-likeness (QED) is 0.183. The van der Waals surface area contributed by atoms with Gasteiger partial charge in [-0.2, -0.15) is 26.3 Å². The number of amides is 1. The van der Waals surface area contributed by atoms with Gasteiger partial charge in [-0.05, 0) is 126 Å². The number of rotatable bonds is 7. The molecule has 0 radical (unpaired) electrons. The molecule has 5 rings (SSSR count). The molecule has 2 atom stereocenters. The first-order valence-corrected chi connectivity index (χ1v) is 15.7. The Kier molecular flexibility index (Phi) is 9.57. The van der Waals surface area contributed by atoms with Crippen molar-refractivity contribution in [2.45, 2.75) is 71.5 Å². The number of carbonyl (C=O) groups is 2. The molecule has 0 saturated carbocycles. The van der Waals surface area contributed by atoms with Gasteiger partial charge in [-0.15, -0.1) is 0 Å². The normalized spacial score (nSPS) is 19.6. The summed E-state index contributed by atoms with van der Waals surface area (Å²) in [5.41, 5.74) is 2.20. The van der Waals surface area contributed by atoms with E-state index in [2.05, 4.69) is 13.8 Å². The molecule has 1 aliphatic heterocycles. The van der Waals surface area contributed by atoms with Crippen LogP contribution >= 0.6 is 0 Å². The van der Waals surface area contributed by atoms with E-state index in [1.54, 1.807) is 26.2 Å². The van der Waals surface area contributed by atoms with Crippen LogP contribution in [0.1, 0.15) is 84.3 Å². The zero-order chi connectivity index (χ0) is 36.1. The number of nitrogens with zero attached hydrogens (tertiary/aromatic N) is 1. The van der Waals surface area contributed by atoms with Crippen molar-refractivity contribution in [1.29, 1.82) is 0 Å². The molecule has 2 aliphatic rings. The Morgan fingerprint density at radius 2 is 1.57 bits per heavy atom. The van der Waals surface area contributed by atoms with Crippen molar-refractivity contribution in [3.05, 3.63) is 93.6 Å². The van der Waals surface area contributed by atoms with Crippen molar-refractivity contribution in [3.8, 4) is 16.9 Å². The van der Waals surface area contributed by atoms with Gasteiger partial charge in [0.1, 0.15) is 11.9 Å². The topological polar surface area (TPSA) is 65.1 Å². The number of cyclic esters (lactones) is 1. The first kappa shape index (κ1) is 35.8. The molecule has 0 aromatic heterocycles. The van der Waals surface area contributed by atoms with Gasteiger partial charge >= 0.3 is 24.4 Å². The van der Waals surface area contributed by atoms with Crippen molar-refractivity contribution in [2.24, 2.45) is 5.41 Å². The van der Waals surface area contributed by atoms with Crippen LogP contribution < -0.4 is 4.74 Å². The maximum atomic E-state index is 13.6. The highest BCUT2D eigenvalue weighted by molar-refractivity contribution is 5.91. The van der Waals surface area contributed by atoms with Crippen LogP contribution in [0.3, 0.4) is 0 Å². The van der Waals surface area contributed by atoms with Crippen molar-refractivity contribution in [3.63, 3.8) is 0 Å². The molecule has 3 aromatic carbocycles. The fraction of sp³-hybridized carbons (Fsp3) is 0.405. The first-order chi connectivity index (χ1) is 22.8. The molecule has 0 spiro atoms. The predicted molar refractivity (Wildman–Crippen MR) is 171 cm³/mol. The molecule has 1 saturated heterocycles. The van der Waals surface area contributed by atoms with Crippen molar-refractivity contribution in [1.82, 2.24) is 4.90 Å². The lowest BCUT2D eigenvalue weighted by atomic mass is 9.72. The fourth-order valence-corrected chi connectivity index (χ4v) is 6.70. The monoisotopic (exact) mass is 689 g/mol. The van der Waals surface area contributed by atoms with Gasteiger partial charge in [0.25, 0.3) is 0 Å². The van der Waals surface area contributed by atoms with Crippen LogP contribution in [0.25, 0.3) is 16.7 Å². The molecule has 3 aromatic rings. The fourth-order valence-electron chi connectivity index (χ4n) is 6.70. The lowest BCUT2D eigenvalue weighted by Gasteiger charge is -2.35. The zero-order valence-electron chi connectivity index (χ0n) is 27.9. The molecule has 1 fully saturated rings. The van der Waals surface area contributed by atoms with Crippen LogP contribution in [-0.4, -0.2) is 43.8 Å². The molecule has 1 aliphatic carbocycles. The molecule has 1 amide bonds. The summed E-state index contributed by atoms with van der Waals surface area (Å²) in [5, 5.41) is 0. The smallest absolute Gasteiger partial charge is 0.416 e. The van der Waals surface area contributed by atoms with Gasteiger partial charge in [0, 0.05) is 6.54 Å². The Morgan fingerprint density at radius 3 is 2.14 bits per heavy atom. The molecule has 0 bridgehead atoms. The highest BCUT2D eigenvalue weighted by atomic mass is 19.4. The Labute approximate surface area is 280 Å². The molecular formula is C37H37F6NO5. The number of ether oxygens (including phenoxy) is 3. The van der Waals surface area contributed by atoms with Crippen LogP contribution in [0.5, 0.6) is 5.75 Å². The van der Waals surface area contributed by atoms with E-state index in [0.29, 0.717) is 36.3 Å². The Balaban J connectivity index is 1.54. The first-order valence-electron chi connectivity index (χ1n) is 15.7. The lowest BCUT2D eigenvalue weighted by Crippen LogP contribution is -2.35. The number of benzene rings is 3. The summed E-state index contributed by atoms with van der Waals surface area (Å²) in [6, 6.07) is 11.4. The van der Waals surface area contributed by atoms with Gasteiger partial charge in [0.2, 0.25) is 0 Å². The van der Waals surface area contributed by atoms with Gasteiger partial charge in [-0.3, -0.25) is 4.90 Å². The van der Waals surface area contributed by atoms with Gasteiger partial charge in [0.05, 0.1) is 37.0 Å². The second-order valence-corrected chi connectivity index (χ2v) is 13.4. The van der Waals surface area contributed by atoms with E-state index in [-0.39, 0.29) is 23.6 Å². The third-order valence-corrected chi connectivity index (χ3v) is 9.31. The van der Waals surface area contributed by atoms with E-state index in [1.807, 2.05) is 31.2 Å². The molecule has 49 heavy (non-hydrogen) atoms. The van der Waals surface area contributed by atoms with E-state index < -0.39 is 47.7 Å². The number of alkyl halides is 6. The number of aryl methyl sites for hydroxylation is 1. The minimum Gasteiger partial charge on any atom is -0.497 e. The van der Waals surface area contributed by atoms with Crippen molar-refractivity contribution >= 4 is 17.6 Å². The van der Waals surface area contributed by atoms with Crippen LogP contribution in [-0.2, 0) is 21.8 Å². The van der Waals surface area contributed by atoms with E-state index in [9.17, 15) is 35.9 Å². The minimum atomic E-state index is -5.04. The summed E-state index contributed by atoms with van der Waals surface area (Å²) in [6.07, 6.45) is -10.2. The number of esters is 1. The molecule has 1 unspecified atom stereocenters. The lowest BCUT2D eigenvalue weighted by molar-refractivity contribution is -0.143. The predicted octanol–water partition coefficient (Wildman–Crippen LogP) is 10.0. The molecule has 12 heteroatoms. The van der Waals surface area contributed by atoms with Gasteiger partial charge in [-0.25, -0.2) is 9.59 Å². The minimum absolute atomic E-state index is 0.0568. The average Bonchev–Trinajstić information content (AvgIpc) is 3.31. The summed E-state index contributed by atoms with van der Waals surface area (Å²) < 4.78 is 97.7. The Morgan fingerprint density at radius 1 is 0.939 bits per heavy atom. The number of hydrogen-bond donors (Lipinski definition) is 0. The molecule has 262 valence electrons.